The second-order valence-corrected chi connectivity index (χ2v) is 6.08. The highest BCUT2D eigenvalue weighted by Crippen LogP contribution is 2.57. The van der Waals surface area contributed by atoms with Gasteiger partial charge in [-0.1, -0.05) is 30.3 Å². The van der Waals surface area contributed by atoms with Crippen LogP contribution in [0.1, 0.15) is 10.8 Å². The van der Waals surface area contributed by atoms with Crippen LogP contribution in [0.15, 0.2) is 30.3 Å². The molecule has 0 saturated carbocycles. The fraction of sp³-hybridized carbons (Fsp3) is 0.455. The molecule has 1 aromatic carbocycles. The van der Waals surface area contributed by atoms with Crippen LogP contribution in [0.2, 0.25) is 0 Å². The van der Waals surface area contributed by atoms with Crippen LogP contribution in [-0.4, -0.2) is 36.9 Å². The number of halogens is 9. The van der Waals surface area contributed by atoms with Crippen LogP contribution in [0, 0.1) is 0 Å². The summed E-state index contributed by atoms with van der Waals surface area (Å²) in [5.41, 5.74) is -1.30. The van der Waals surface area contributed by atoms with Crippen LogP contribution in [0.5, 0.6) is 0 Å². The number of rotatable bonds is 5. The molecule has 0 aliphatic heterocycles. The highest BCUT2D eigenvalue weighted by atomic mass is 32.2. The number of hydrogen-bond acceptors (Lipinski definition) is 2. The minimum Gasteiger partial charge on any atom is -0.285 e. The molecule has 0 aromatic heterocycles. The highest BCUT2D eigenvalue weighted by molar-refractivity contribution is 7.86. The number of alkyl halides is 9. The molecule has 1 atom stereocenters. The van der Waals surface area contributed by atoms with Gasteiger partial charge in [0.1, 0.15) is 0 Å². The average molecular weight is 390 g/mol. The molecule has 13 heteroatoms. The summed E-state index contributed by atoms with van der Waals surface area (Å²) >= 11 is 0. The van der Waals surface area contributed by atoms with E-state index in [2.05, 4.69) is 0 Å². The molecule has 0 radical (unpaired) electrons. The van der Waals surface area contributed by atoms with Crippen molar-refractivity contribution in [2.75, 3.05) is 0 Å². The first-order chi connectivity index (χ1) is 10.5. The van der Waals surface area contributed by atoms with E-state index in [-0.39, 0.29) is 0 Å². The molecule has 1 rings (SSSR count). The first-order valence-corrected chi connectivity index (χ1v) is 7.19. The standard InChI is InChI=1S/C11H7F9O3S/c12-8(13,9(14,15)10(16,17)11(18,19)20)7(24(21,22)23)6-4-2-1-3-5-6/h1-5,7H,(H,21,22,23). The lowest BCUT2D eigenvalue weighted by Gasteiger charge is -2.36. The van der Waals surface area contributed by atoms with E-state index in [4.69, 9.17) is 4.55 Å². The summed E-state index contributed by atoms with van der Waals surface area (Å²) in [6, 6.07) is 3.61. The van der Waals surface area contributed by atoms with Crippen molar-refractivity contribution in [1.82, 2.24) is 0 Å². The first-order valence-electron chi connectivity index (χ1n) is 5.69. The van der Waals surface area contributed by atoms with E-state index in [9.17, 15) is 47.9 Å². The normalized spacial score (nSPS) is 16.1. The number of hydrogen-bond donors (Lipinski definition) is 1. The van der Waals surface area contributed by atoms with Gasteiger partial charge in [0.2, 0.25) is 0 Å². The molecule has 0 heterocycles. The Balaban J connectivity index is 3.63. The van der Waals surface area contributed by atoms with Gasteiger partial charge in [-0.05, 0) is 5.56 Å². The van der Waals surface area contributed by atoms with Crippen LogP contribution >= 0.6 is 0 Å². The Hall–Kier alpha value is -1.50. The van der Waals surface area contributed by atoms with Crippen molar-refractivity contribution in [3.05, 3.63) is 35.9 Å². The predicted octanol–water partition coefficient (Wildman–Crippen LogP) is 4.08. The van der Waals surface area contributed by atoms with Crippen molar-refractivity contribution < 1.29 is 52.5 Å². The van der Waals surface area contributed by atoms with Gasteiger partial charge in [0.15, 0.2) is 5.25 Å². The topological polar surface area (TPSA) is 54.4 Å². The van der Waals surface area contributed by atoms with Crippen LogP contribution in [-0.2, 0) is 10.1 Å². The van der Waals surface area contributed by atoms with Crippen molar-refractivity contribution >= 4 is 10.1 Å². The summed E-state index contributed by atoms with van der Waals surface area (Å²) in [6.07, 6.45) is -7.10. The lowest BCUT2D eigenvalue weighted by Crippen LogP contribution is -2.63. The second-order valence-electron chi connectivity index (χ2n) is 4.58. The van der Waals surface area contributed by atoms with E-state index in [0.717, 1.165) is 18.2 Å². The molecule has 3 nitrogen and oxygen atoms in total. The first kappa shape index (κ1) is 20.5. The molecule has 0 aliphatic rings. The second kappa shape index (κ2) is 5.79. The van der Waals surface area contributed by atoms with Gasteiger partial charge in [-0.25, -0.2) is 0 Å². The summed E-state index contributed by atoms with van der Waals surface area (Å²) in [5.74, 6) is -20.9. The van der Waals surface area contributed by atoms with Gasteiger partial charge >= 0.3 is 23.9 Å². The summed E-state index contributed by atoms with van der Waals surface area (Å²) in [7, 11) is -6.20. The quantitative estimate of drug-likeness (QED) is 0.609. The van der Waals surface area contributed by atoms with Crippen LogP contribution in [0.4, 0.5) is 39.5 Å². The SMILES string of the molecule is O=S(=O)(O)C(c1ccccc1)C(F)(F)C(F)(F)C(F)(F)C(F)(F)F. The Morgan fingerprint density at radius 2 is 1.21 bits per heavy atom. The maximum absolute atomic E-state index is 13.8. The van der Waals surface area contributed by atoms with Gasteiger partial charge in [-0.3, -0.25) is 4.55 Å². The number of benzene rings is 1. The lowest BCUT2D eigenvalue weighted by atomic mass is 9.96. The molecule has 1 aromatic rings. The summed E-state index contributed by atoms with van der Waals surface area (Å²) in [5, 5.41) is -4.05. The molecule has 1 unspecified atom stereocenters. The van der Waals surface area contributed by atoms with Crippen LogP contribution in [0.25, 0.3) is 0 Å². The third-order valence-electron chi connectivity index (χ3n) is 2.90. The summed E-state index contributed by atoms with van der Waals surface area (Å²) < 4.78 is 147. The Kier molecular flexibility index (Phi) is 4.96. The summed E-state index contributed by atoms with van der Waals surface area (Å²) in [6.45, 7) is 0. The van der Waals surface area contributed by atoms with E-state index >= 15 is 0 Å². The maximum atomic E-state index is 13.8. The Morgan fingerprint density at radius 3 is 1.54 bits per heavy atom. The minimum absolute atomic E-state index is 0.439. The fourth-order valence-electron chi connectivity index (χ4n) is 1.75. The van der Waals surface area contributed by atoms with Gasteiger partial charge in [0.05, 0.1) is 0 Å². The van der Waals surface area contributed by atoms with E-state index in [0.29, 0.717) is 12.1 Å². The van der Waals surface area contributed by atoms with E-state index in [1.807, 2.05) is 0 Å². The molecule has 0 fully saturated rings. The summed E-state index contributed by atoms with van der Waals surface area (Å²) in [4.78, 5) is 0. The molecular weight excluding hydrogens is 383 g/mol. The third kappa shape index (κ3) is 3.18. The van der Waals surface area contributed by atoms with Gasteiger partial charge in [0, 0.05) is 0 Å². The molecule has 1 N–H and O–H groups in total. The molecule has 0 saturated heterocycles. The molecule has 24 heavy (non-hydrogen) atoms. The van der Waals surface area contributed by atoms with Crippen LogP contribution < -0.4 is 0 Å². The van der Waals surface area contributed by atoms with Crippen LogP contribution in [0.3, 0.4) is 0 Å². The van der Waals surface area contributed by atoms with Crippen molar-refractivity contribution in [2.45, 2.75) is 29.2 Å². The molecular formula is C11H7F9O3S. The molecule has 0 aliphatic carbocycles. The molecule has 0 bridgehead atoms. The van der Waals surface area contributed by atoms with Gasteiger partial charge in [-0.2, -0.15) is 47.9 Å². The molecule has 0 spiro atoms. The molecule has 0 amide bonds. The zero-order valence-corrected chi connectivity index (χ0v) is 11.9. The van der Waals surface area contributed by atoms with Gasteiger partial charge in [-0.15, -0.1) is 0 Å². The predicted molar refractivity (Wildman–Crippen MR) is 61.6 cm³/mol. The highest BCUT2D eigenvalue weighted by Gasteiger charge is 2.84. The monoisotopic (exact) mass is 390 g/mol. The zero-order valence-electron chi connectivity index (χ0n) is 11.0. The Labute approximate surface area is 128 Å². The lowest BCUT2D eigenvalue weighted by molar-refractivity contribution is -0.396. The van der Waals surface area contributed by atoms with E-state index in [1.165, 1.54) is 0 Å². The minimum atomic E-state index is -7.26. The van der Waals surface area contributed by atoms with E-state index < -0.39 is 44.9 Å². The fourth-order valence-corrected chi connectivity index (χ4v) is 2.77. The van der Waals surface area contributed by atoms with Crippen molar-refractivity contribution in [3.63, 3.8) is 0 Å². The molecule has 138 valence electrons. The largest absolute Gasteiger partial charge is 0.460 e. The Morgan fingerprint density at radius 1 is 0.792 bits per heavy atom. The van der Waals surface area contributed by atoms with E-state index in [1.54, 1.807) is 0 Å². The van der Waals surface area contributed by atoms with Crippen molar-refractivity contribution in [1.29, 1.82) is 0 Å². The maximum Gasteiger partial charge on any atom is 0.460 e. The average Bonchev–Trinajstić information content (AvgIpc) is 2.36. The zero-order chi connectivity index (χ0) is 19.2. The smallest absolute Gasteiger partial charge is 0.285 e. The van der Waals surface area contributed by atoms with Gasteiger partial charge < -0.3 is 0 Å². The van der Waals surface area contributed by atoms with Crippen molar-refractivity contribution in [2.24, 2.45) is 0 Å². The third-order valence-corrected chi connectivity index (χ3v) is 4.06. The Bertz CT molecular complexity index is 682. The van der Waals surface area contributed by atoms with Crippen molar-refractivity contribution in [3.8, 4) is 0 Å². The van der Waals surface area contributed by atoms with Gasteiger partial charge in [0.25, 0.3) is 10.1 Å².